The maximum Gasteiger partial charge on any atom is 0.188 e. The molecular formula is C16H18FN5S. The Morgan fingerprint density at radius 3 is 2.48 bits per heavy atom. The molecule has 0 amide bonds. The van der Waals surface area contributed by atoms with Crippen LogP contribution in [0.25, 0.3) is 10.3 Å². The van der Waals surface area contributed by atoms with Gasteiger partial charge in [-0.25, -0.2) is 14.1 Å². The van der Waals surface area contributed by atoms with E-state index in [0.29, 0.717) is 5.69 Å². The first kappa shape index (κ1) is 14.4. The zero-order chi connectivity index (χ0) is 16.0. The molecule has 0 N–H and O–H groups in total. The van der Waals surface area contributed by atoms with E-state index in [2.05, 4.69) is 14.9 Å². The van der Waals surface area contributed by atoms with Crippen molar-refractivity contribution in [3.63, 3.8) is 0 Å². The van der Waals surface area contributed by atoms with Crippen molar-refractivity contribution in [3.05, 3.63) is 35.8 Å². The fraction of sp³-hybridized carbons (Fsp3) is 0.375. The summed E-state index contributed by atoms with van der Waals surface area (Å²) in [6.07, 6.45) is 0. The molecule has 0 aliphatic carbocycles. The van der Waals surface area contributed by atoms with E-state index in [1.807, 2.05) is 30.8 Å². The summed E-state index contributed by atoms with van der Waals surface area (Å²) in [6.45, 7) is 5.31. The van der Waals surface area contributed by atoms with Gasteiger partial charge in [0.15, 0.2) is 10.8 Å². The molecule has 0 radical (unpaired) electrons. The number of para-hydroxylation sites is 1. The van der Waals surface area contributed by atoms with Crippen LogP contribution in [0.15, 0.2) is 24.3 Å². The largest absolute Gasteiger partial charge is 0.366 e. The summed E-state index contributed by atoms with van der Waals surface area (Å²) in [7, 11) is 1.93. The molecule has 0 saturated carbocycles. The van der Waals surface area contributed by atoms with Gasteiger partial charge in [-0.3, -0.25) is 0 Å². The van der Waals surface area contributed by atoms with E-state index < -0.39 is 0 Å². The van der Waals surface area contributed by atoms with E-state index >= 15 is 0 Å². The van der Waals surface area contributed by atoms with Gasteiger partial charge >= 0.3 is 0 Å². The molecule has 3 heterocycles. The highest BCUT2D eigenvalue weighted by Gasteiger charge is 2.22. The highest BCUT2D eigenvalue weighted by Crippen LogP contribution is 2.31. The summed E-state index contributed by atoms with van der Waals surface area (Å²) in [4.78, 5) is 9.11. The first-order chi connectivity index (χ1) is 11.1. The Balaban J connectivity index is 1.52. The van der Waals surface area contributed by atoms with E-state index in [1.165, 1.54) is 6.07 Å². The van der Waals surface area contributed by atoms with Crippen molar-refractivity contribution < 1.29 is 4.39 Å². The number of thiazole rings is 1. The fourth-order valence-electron chi connectivity index (χ4n) is 3.06. The first-order valence-electron chi connectivity index (χ1n) is 7.68. The number of rotatable bonds is 2. The average molecular weight is 331 g/mol. The molecule has 7 heteroatoms. The molecule has 1 aliphatic heterocycles. The van der Waals surface area contributed by atoms with Gasteiger partial charge < -0.3 is 9.80 Å². The summed E-state index contributed by atoms with van der Waals surface area (Å²) in [5, 5.41) is 5.43. The quantitative estimate of drug-likeness (QED) is 0.724. The monoisotopic (exact) mass is 331 g/mol. The van der Waals surface area contributed by atoms with Crippen molar-refractivity contribution in [3.8, 4) is 0 Å². The Morgan fingerprint density at radius 1 is 1.09 bits per heavy atom. The lowest BCUT2D eigenvalue weighted by Crippen LogP contribution is -2.46. The van der Waals surface area contributed by atoms with Crippen LogP contribution in [0.5, 0.6) is 0 Å². The Hall–Kier alpha value is -2.15. The van der Waals surface area contributed by atoms with Crippen LogP contribution in [0.1, 0.15) is 5.69 Å². The van der Waals surface area contributed by atoms with Crippen molar-refractivity contribution in [2.24, 2.45) is 7.05 Å². The average Bonchev–Trinajstić information content (AvgIpc) is 3.10. The van der Waals surface area contributed by atoms with Crippen molar-refractivity contribution in [1.29, 1.82) is 0 Å². The third-order valence-electron chi connectivity index (χ3n) is 4.28. The molecule has 0 unspecified atom stereocenters. The van der Waals surface area contributed by atoms with Crippen LogP contribution >= 0.6 is 11.3 Å². The fourth-order valence-corrected chi connectivity index (χ4v) is 4.14. The number of hydrogen-bond donors (Lipinski definition) is 0. The van der Waals surface area contributed by atoms with Gasteiger partial charge in [-0.05, 0) is 19.1 Å². The predicted octanol–water partition coefficient (Wildman–Crippen LogP) is 2.80. The number of aromatic nitrogens is 3. The molecule has 1 fully saturated rings. The minimum atomic E-state index is -0.150. The second-order valence-corrected chi connectivity index (χ2v) is 6.76. The Morgan fingerprint density at radius 2 is 1.78 bits per heavy atom. The molecule has 3 aromatic rings. The molecule has 1 aromatic carbocycles. The molecule has 120 valence electrons. The number of aryl methyl sites for hydroxylation is 2. The van der Waals surface area contributed by atoms with Crippen LogP contribution < -0.4 is 9.80 Å². The van der Waals surface area contributed by atoms with Crippen LogP contribution in [0.2, 0.25) is 0 Å². The maximum atomic E-state index is 13.9. The molecule has 4 rings (SSSR count). The number of benzene rings is 1. The van der Waals surface area contributed by atoms with E-state index in [9.17, 15) is 4.39 Å². The molecule has 0 atom stereocenters. The van der Waals surface area contributed by atoms with Crippen LogP contribution in [-0.2, 0) is 7.05 Å². The molecule has 1 saturated heterocycles. The van der Waals surface area contributed by atoms with E-state index in [1.54, 1.807) is 17.4 Å². The number of nitrogens with zero attached hydrogens (tertiary/aromatic N) is 5. The predicted molar refractivity (Wildman–Crippen MR) is 91.9 cm³/mol. The summed E-state index contributed by atoms with van der Waals surface area (Å²) >= 11 is 1.69. The number of anilines is 2. The number of halogens is 1. The molecule has 2 aromatic heterocycles. The highest BCUT2D eigenvalue weighted by atomic mass is 32.1. The van der Waals surface area contributed by atoms with Crippen LogP contribution in [0, 0.1) is 12.7 Å². The van der Waals surface area contributed by atoms with Gasteiger partial charge in [0.25, 0.3) is 0 Å². The number of fused-ring (bicyclic) bond motifs is 1. The summed E-state index contributed by atoms with van der Waals surface area (Å²) < 4.78 is 16.9. The van der Waals surface area contributed by atoms with Gasteiger partial charge in [-0.1, -0.05) is 23.5 Å². The molecule has 0 bridgehead atoms. The maximum absolute atomic E-state index is 13.9. The lowest BCUT2D eigenvalue weighted by molar-refractivity contribution is 0.597. The van der Waals surface area contributed by atoms with E-state index in [-0.39, 0.29) is 5.82 Å². The third-order valence-corrected chi connectivity index (χ3v) is 5.49. The summed E-state index contributed by atoms with van der Waals surface area (Å²) in [5.41, 5.74) is 2.66. The molecule has 1 aliphatic rings. The highest BCUT2D eigenvalue weighted by molar-refractivity contribution is 7.22. The van der Waals surface area contributed by atoms with E-state index in [0.717, 1.165) is 47.4 Å². The standard InChI is InChI=1S/C16H18FN5S/c1-11-14-15(20(2)19-11)18-16(23-14)22-9-7-21(8-10-22)13-6-4-3-5-12(13)17/h3-6H,7-10H2,1-2H3. The zero-order valence-electron chi connectivity index (χ0n) is 13.2. The SMILES string of the molecule is Cc1nn(C)c2nc(N3CCN(c4ccccc4F)CC3)sc12. The Kier molecular flexibility index (Phi) is 3.45. The van der Waals surface area contributed by atoms with Gasteiger partial charge in [0.2, 0.25) is 0 Å². The Labute approximate surface area is 138 Å². The topological polar surface area (TPSA) is 37.2 Å². The lowest BCUT2D eigenvalue weighted by atomic mass is 10.2. The van der Waals surface area contributed by atoms with Crippen molar-refractivity contribution in [1.82, 2.24) is 14.8 Å². The molecule has 0 spiro atoms. The lowest BCUT2D eigenvalue weighted by Gasteiger charge is -2.36. The molecular weight excluding hydrogens is 313 g/mol. The van der Waals surface area contributed by atoms with Gasteiger partial charge in [0.1, 0.15) is 5.82 Å². The minimum absolute atomic E-state index is 0.150. The van der Waals surface area contributed by atoms with Crippen LogP contribution in [0.4, 0.5) is 15.2 Å². The minimum Gasteiger partial charge on any atom is -0.366 e. The zero-order valence-corrected chi connectivity index (χ0v) is 14.0. The number of hydrogen-bond acceptors (Lipinski definition) is 5. The normalized spacial score (nSPS) is 15.6. The van der Waals surface area contributed by atoms with Crippen LogP contribution in [0.3, 0.4) is 0 Å². The van der Waals surface area contributed by atoms with Crippen LogP contribution in [-0.4, -0.2) is 40.9 Å². The van der Waals surface area contributed by atoms with Gasteiger partial charge in [-0.2, -0.15) is 5.10 Å². The van der Waals surface area contributed by atoms with Crippen molar-refractivity contribution in [2.75, 3.05) is 36.0 Å². The van der Waals surface area contributed by atoms with Gasteiger partial charge in [-0.15, -0.1) is 0 Å². The Bertz CT molecular complexity index is 813. The molecule has 5 nitrogen and oxygen atoms in total. The summed E-state index contributed by atoms with van der Waals surface area (Å²) in [5.74, 6) is -0.150. The van der Waals surface area contributed by atoms with Gasteiger partial charge in [0.05, 0.1) is 16.1 Å². The molecule has 23 heavy (non-hydrogen) atoms. The summed E-state index contributed by atoms with van der Waals surface area (Å²) in [6, 6.07) is 6.98. The number of piperazine rings is 1. The van der Waals surface area contributed by atoms with Crippen molar-refractivity contribution >= 4 is 32.5 Å². The smallest absolute Gasteiger partial charge is 0.188 e. The van der Waals surface area contributed by atoms with E-state index in [4.69, 9.17) is 4.98 Å². The van der Waals surface area contributed by atoms with Crippen molar-refractivity contribution in [2.45, 2.75) is 6.92 Å². The third kappa shape index (κ3) is 2.45. The van der Waals surface area contributed by atoms with Gasteiger partial charge in [0, 0.05) is 33.2 Å². The second-order valence-electron chi connectivity index (χ2n) is 5.78. The first-order valence-corrected chi connectivity index (χ1v) is 8.49. The second kappa shape index (κ2) is 5.49.